The van der Waals surface area contributed by atoms with Crippen molar-refractivity contribution in [1.29, 1.82) is 0 Å². The first kappa shape index (κ1) is 29.2. The second-order valence-corrected chi connectivity index (χ2v) is 11.1. The van der Waals surface area contributed by atoms with E-state index in [0.29, 0.717) is 17.9 Å². The van der Waals surface area contributed by atoms with Crippen LogP contribution in [0.25, 0.3) is 5.57 Å². The van der Waals surface area contributed by atoms with Gasteiger partial charge in [-0.25, -0.2) is 4.98 Å². The third-order valence-corrected chi connectivity index (χ3v) is 8.08. The summed E-state index contributed by atoms with van der Waals surface area (Å²) in [6, 6.07) is 29.4. The van der Waals surface area contributed by atoms with E-state index in [-0.39, 0.29) is 11.9 Å². The highest BCUT2D eigenvalue weighted by atomic mass is 16.2. The zero-order valence-corrected chi connectivity index (χ0v) is 25.1. The molecule has 2 heterocycles. The first-order valence-electron chi connectivity index (χ1n) is 14.8. The van der Waals surface area contributed by atoms with Crippen molar-refractivity contribution in [1.82, 2.24) is 15.2 Å². The number of carbonyl (C=O) groups is 1. The van der Waals surface area contributed by atoms with Crippen molar-refractivity contribution in [2.75, 3.05) is 44.4 Å². The quantitative estimate of drug-likeness (QED) is 0.262. The van der Waals surface area contributed by atoms with E-state index in [0.717, 1.165) is 37.2 Å². The number of pyridine rings is 1. The topological polar surface area (TPSA) is 60.5 Å². The Morgan fingerprint density at radius 3 is 2.19 bits per heavy atom. The fourth-order valence-electron chi connectivity index (χ4n) is 5.48. The van der Waals surface area contributed by atoms with Gasteiger partial charge in [0.05, 0.1) is 16.9 Å². The Bertz CT molecular complexity index is 1510. The van der Waals surface area contributed by atoms with Crippen LogP contribution in [0.5, 0.6) is 0 Å². The van der Waals surface area contributed by atoms with Gasteiger partial charge in [0, 0.05) is 18.8 Å². The molecule has 6 nitrogen and oxygen atoms in total. The normalized spacial score (nSPS) is 14.2. The summed E-state index contributed by atoms with van der Waals surface area (Å²) < 4.78 is 0. The fraction of sp³-hybridized carbons (Fsp3) is 0.278. The number of likely N-dealkylation sites (N-methyl/N-ethyl adjacent to an activating group) is 1. The Kier molecular flexibility index (Phi) is 9.47. The van der Waals surface area contributed by atoms with Crippen molar-refractivity contribution in [3.8, 4) is 0 Å². The molecule has 6 rings (SSSR count). The molecule has 1 amide bonds. The maximum atomic E-state index is 13.0. The lowest BCUT2D eigenvalue weighted by Gasteiger charge is -2.29. The summed E-state index contributed by atoms with van der Waals surface area (Å²) in [5.74, 6) is 0.592. The summed E-state index contributed by atoms with van der Waals surface area (Å²) in [6.07, 6.45) is 7.42. The largest absolute Gasteiger partial charge is 0.338 e. The lowest BCUT2D eigenvalue weighted by atomic mass is 9.93. The molecule has 2 N–H and O–H groups in total. The summed E-state index contributed by atoms with van der Waals surface area (Å²) in [7, 11) is 6.05. The number of fused-ring (bicyclic) bond motifs is 4. The molecule has 6 heteroatoms. The van der Waals surface area contributed by atoms with Crippen molar-refractivity contribution in [3.05, 3.63) is 125 Å². The molecular formula is C36H41N5O. The molecule has 2 aliphatic rings. The van der Waals surface area contributed by atoms with E-state index in [2.05, 4.69) is 82.0 Å². The number of amides is 1. The van der Waals surface area contributed by atoms with Gasteiger partial charge >= 0.3 is 0 Å². The monoisotopic (exact) mass is 559 g/mol. The lowest BCUT2D eigenvalue weighted by molar-refractivity contribution is 0.0981. The van der Waals surface area contributed by atoms with E-state index >= 15 is 0 Å². The van der Waals surface area contributed by atoms with Crippen LogP contribution < -0.4 is 15.5 Å². The summed E-state index contributed by atoms with van der Waals surface area (Å²) in [5, 5.41) is 6.50. The number of rotatable bonds is 6. The Morgan fingerprint density at radius 1 is 0.905 bits per heavy atom. The molecule has 216 valence electrons. The average molecular weight is 560 g/mol. The highest BCUT2D eigenvalue weighted by Gasteiger charge is 2.28. The number of hydrogen-bond acceptors (Lipinski definition) is 5. The maximum absolute atomic E-state index is 13.0. The maximum Gasteiger partial charge on any atom is 0.262 e. The predicted octanol–water partition coefficient (Wildman–Crippen LogP) is 6.56. The molecule has 3 aromatic carbocycles. The Hall–Kier alpha value is -4.26. The molecule has 1 aromatic heterocycles. The number of aromatic nitrogens is 1. The van der Waals surface area contributed by atoms with Crippen molar-refractivity contribution < 1.29 is 4.79 Å². The number of nitrogens with one attached hydrogen (secondary N) is 2. The molecule has 0 fully saturated rings. The van der Waals surface area contributed by atoms with E-state index in [4.69, 9.17) is 0 Å². The second kappa shape index (κ2) is 13.6. The van der Waals surface area contributed by atoms with Crippen LogP contribution in [0.1, 0.15) is 46.0 Å². The number of para-hydroxylation sites is 2. The fourth-order valence-corrected chi connectivity index (χ4v) is 5.48. The van der Waals surface area contributed by atoms with Gasteiger partial charge < -0.3 is 20.4 Å². The van der Waals surface area contributed by atoms with E-state index < -0.39 is 0 Å². The van der Waals surface area contributed by atoms with Crippen molar-refractivity contribution in [2.45, 2.75) is 32.2 Å². The van der Waals surface area contributed by atoms with Crippen LogP contribution in [-0.4, -0.2) is 56.1 Å². The van der Waals surface area contributed by atoms with Crippen LogP contribution in [0, 0.1) is 0 Å². The van der Waals surface area contributed by atoms with Crippen LogP contribution in [0.15, 0.2) is 97.2 Å². The van der Waals surface area contributed by atoms with Crippen LogP contribution >= 0.6 is 0 Å². The predicted molar refractivity (Wildman–Crippen MR) is 175 cm³/mol. The molecule has 0 saturated heterocycles. The van der Waals surface area contributed by atoms with Gasteiger partial charge in [-0.05, 0) is 106 Å². The van der Waals surface area contributed by atoms with E-state index in [1.165, 1.54) is 27.8 Å². The van der Waals surface area contributed by atoms with Gasteiger partial charge in [-0.2, -0.15) is 0 Å². The Labute approximate surface area is 250 Å². The minimum Gasteiger partial charge on any atom is -0.338 e. The van der Waals surface area contributed by atoms with Crippen molar-refractivity contribution in [2.24, 2.45) is 0 Å². The SMILES string of the molecule is CC(CN1C(=O)c2cccnc2Nc2ccccc21)N(C)C.CNCCC=C1c2ccccc2CCc2ccccc21. The summed E-state index contributed by atoms with van der Waals surface area (Å²) in [5.41, 5.74) is 9.56. The minimum atomic E-state index is -0.0192. The average Bonchev–Trinajstić information content (AvgIpc) is 3.24. The van der Waals surface area contributed by atoms with Gasteiger partial charge in [-0.3, -0.25) is 4.79 Å². The third kappa shape index (κ3) is 6.46. The molecule has 0 saturated carbocycles. The number of nitrogens with zero attached hydrogens (tertiary/aromatic N) is 3. The number of anilines is 3. The molecule has 4 aromatic rings. The summed E-state index contributed by atoms with van der Waals surface area (Å²) in [4.78, 5) is 21.2. The first-order valence-corrected chi connectivity index (χ1v) is 14.8. The van der Waals surface area contributed by atoms with E-state index in [9.17, 15) is 4.79 Å². The number of hydrogen-bond donors (Lipinski definition) is 2. The van der Waals surface area contributed by atoms with Crippen LogP contribution in [0.4, 0.5) is 17.2 Å². The first-order chi connectivity index (χ1) is 20.5. The molecule has 0 bridgehead atoms. The third-order valence-electron chi connectivity index (χ3n) is 8.08. The summed E-state index contributed by atoms with van der Waals surface area (Å²) in [6.45, 7) is 3.76. The minimum absolute atomic E-state index is 0.0192. The smallest absolute Gasteiger partial charge is 0.262 e. The molecule has 1 atom stereocenters. The van der Waals surface area contributed by atoms with Crippen molar-refractivity contribution in [3.63, 3.8) is 0 Å². The molecule has 0 radical (unpaired) electrons. The molecule has 42 heavy (non-hydrogen) atoms. The van der Waals surface area contributed by atoms with E-state index in [1.54, 1.807) is 12.3 Å². The molecule has 1 unspecified atom stereocenters. The highest BCUT2D eigenvalue weighted by molar-refractivity contribution is 6.13. The van der Waals surface area contributed by atoms with Crippen LogP contribution in [0.3, 0.4) is 0 Å². The molecule has 0 spiro atoms. The molecule has 1 aliphatic carbocycles. The Balaban J connectivity index is 0.000000169. The van der Waals surface area contributed by atoms with Gasteiger partial charge in [-0.1, -0.05) is 66.7 Å². The standard InChI is InChI=1S/C19H21N.C17H20N4O/c1-20-14-6-11-19-17-9-4-2-7-15(17)12-13-16-8-3-5-10-18(16)19;1-12(20(2)3)11-21-15-9-5-4-8-14(15)19-16-13(17(21)22)7-6-10-18-16/h2-5,7-11,20H,6,12-14H2,1H3;4-10,12H,11H2,1-3H3,(H,18,19). The zero-order chi connectivity index (χ0) is 29.5. The zero-order valence-electron chi connectivity index (χ0n) is 25.1. The van der Waals surface area contributed by atoms with Gasteiger partial charge in [-0.15, -0.1) is 0 Å². The highest BCUT2D eigenvalue weighted by Crippen LogP contribution is 2.35. The lowest BCUT2D eigenvalue weighted by Crippen LogP contribution is -2.41. The van der Waals surface area contributed by atoms with Gasteiger partial charge in [0.25, 0.3) is 5.91 Å². The summed E-state index contributed by atoms with van der Waals surface area (Å²) >= 11 is 0. The van der Waals surface area contributed by atoms with Gasteiger partial charge in [0.15, 0.2) is 0 Å². The molecular weight excluding hydrogens is 518 g/mol. The van der Waals surface area contributed by atoms with Crippen molar-refractivity contribution >= 4 is 28.7 Å². The van der Waals surface area contributed by atoms with Crippen LogP contribution in [0.2, 0.25) is 0 Å². The van der Waals surface area contributed by atoms with Crippen LogP contribution in [-0.2, 0) is 12.8 Å². The number of carbonyl (C=O) groups excluding carboxylic acids is 1. The second-order valence-electron chi connectivity index (χ2n) is 11.1. The molecule has 1 aliphatic heterocycles. The number of aryl methyl sites for hydroxylation is 2. The van der Waals surface area contributed by atoms with E-state index in [1.807, 2.05) is 56.4 Å². The number of benzene rings is 3. The van der Waals surface area contributed by atoms with Gasteiger partial charge in [0.1, 0.15) is 5.82 Å². The van der Waals surface area contributed by atoms with Gasteiger partial charge in [0.2, 0.25) is 0 Å². The Morgan fingerprint density at radius 2 is 1.52 bits per heavy atom.